The maximum absolute atomic E-state index is 11.1. The summed E-state index contributed by atoms with van der Waals surface area (Å²) in [7, 11) is 0. The average molecular weight is 280 g/mol. The van der Waals surface area contributed by atoms with Crippen molar-refractivity contribution in [3.8, 4) is 0 Å². The number of ether oxygens (including phenoxy) is 1. The molecule has 19 heavy (non-hydrogen) atoms. The Labute approximate surface area is 120 Å². The molecule has 0 amide bonds. The monoisotopic (exact) mass is 280 g/mol. The van der Waals surface area contributed by atoms with E-state index in [4.69, 9.17) is 4.74 Å². The van der Waals surface area contributed by atoms with Crippen molar-refractivity contribution < 1.29 is 9.53 Å². The van der Waals surface area contributed by atoms with Crippen LogP contribution in [-0.2, 0) is 15.3 Å². The molecule has 0 aliphatic carbocycles. The molecular weight excluding hydrogens is 256 g/mol. The van der Waals surface area contributed by atoms with Gasteiger partial charge in [-0.05, 0) is 38.0 Å². The zero-order chi connectivity index (χ0) is 13.9. The number of carbonyl (C=O) groups excluding carboxylic acids is 1. The quantitative estimate of drug-likeness (QED) is 0.497. The molecule has 106 valence electrons. The van der Waals surface area contributed by atoms with Crippen molar-refractivity contribution in [1.82, 2.24) is 0 Å². The smallest absolute Gasteiger partial charge is 0.305 e. The maximum atomic E-state index is 11.1. The summed E-state index contributed by atoms with van der Waals surface area (Å²) in [4.78, 5) is 11.1. The van der Waals surface area contributed by atoms with E-state index in [2.05, 4.69) is 31.2 Å². The highest BCUT2D eigenvalue weighted by Gasteiger charge is 2.00. The van der Waals surface area contributed by atoms with Crippen molar-refractivity contribution in [2.75, 3.05) is 12.4 Å². The Bertz CT molecular complexity index is 377. The predicted octanol–water partition coefficient (Wildman–Crippen LogP) is 4.35. The normalized spacial score (nSPS) is 10.4. The van der Waals surface area contributed by atoms with Gasteiger partial charge in [-0.2, -0.15) is 11.8 Å². The number of rotatable bonds is 9. The highest BCUT2D eigenvalue weighted by atomic mass is 32.2. The molecule has 0 radical (unpaired) electrons. The van der Waals surface area contributed by atoms with Crippen LogP contribution in [0.15, 0.2) is 24.3 Å². The summed E-state index contributed by atoms with van der Waals surface area (Å²) in [5, 5.41) is 0. The summed E-state index contributed by atoms with van der Waals surface area (Å²) in [5.74, 6) is 2.19. The van der Waals surface area contributed by atoms with Crippen LogP contribution in [0.1, 0.15) is 43.7 Å². The Kier molecular flexibility index (Phi) is 8.39. The van der Waals surface area contributed by atoms with E-state index in [9.17, 15) is 4.79 Å². The minimum Gasteiger partial charge on any atom is -0.466 e. The van der Waals surface area contributed by atoms with Crippen LogP contribution in [0.3, 0.4) is 0 Å². The molecule has 0 heterocycles. The van der Waals surface area contributed by atoms with Gasteiger partial charge < -0.3 is 4.74 Å². The number of carbonyl (C=O) groups is 1. The Morgan fingerprint density at radius 3 is 2.84 bits per heavy atom. The number of esters is 1. The first-order chi connectivity index (χ1) is 9.22. The fraction of sp³-hybridized carbons (Fsp3) is 0.562. The van der Waals surface area contributed by atoms with Crippen LogP contribution in [0.25, 0.3) is 0 Å². The third-order valence-corrected chi connectivity index (χ3v) is 3.94. The fourth-order valence-corrected chi connectivity index (χ4v) is 2.84. The first-order valence-electron chi connectivity index (χ1n) is 7.01. The lowest BCUT2D eigenvalue weighted by molar-refractivity contribution is -0.143. The van der Waals surface area contributed by atoms with Crippen molar-refractivity contribution in [2.45, 2.75) is 45.3 Å². The summed E-state index contributed by atoms with van der Waals surface area (Å²) in [5.41, 5.74) is 2.73. The molecule has 0 atom stereocenters. The molecule has 3 heteroatoms. The molecule has 1 rings (SSSR count). The largest absolute Gasteiger partial charge is 0.466 e. The van der Waals surface area contributed by atoms with Crippen LogP contribution in [0.4, 0.5) is 0 Å². The summed E-state index contributed by atoms with van der Waals surface area (Å²) in [6.45, 7) is 4.47. The second kappa shape index (κ2) is 9.90. The summed E-state index contributed by atoms with van der Waals surface area (Å²) in [6.07, 6.45) is 3.80. The predicted molar refractivity (Wildman–Crippen MR) is 82.4 cm³/mol. The molecule has 0 aliphatic rings. The van der Waals surface area contributed by atoms with Crippen molar-refractivity contribution in [3.05, 3.63) is 35.4 Å². The van der Waals surface area contributed by atoms with E-state index in [1.54, 1.807) is 0 Å². The van der Waals surface area contributed by atoms with Crippen molar-refractivity contribution in [2.24, 2.45) is 0 Å². The van der Waals surface area contributed by atoms with Gasteiger partial charge in [0.25, 0.3) is 0 Å². The van der Waals surface area contributed by atoms with Crippen LogP contribution in [0, 0.1) is 6.92 Å². The van der Waals surface area contributed by atoms with E-state index in [1.165, 1.54) is 17.5 Å². The van der Waals surface area contributed by atoms with Crippen molar-refractivity contribution >= 4 is 17.7 Å². The second-order valence-electron chi connectivity index (χ2n) is 4.66. The van der Waals surface area contributed by atoms with E-state index in [0.717, 1.165) is 24.3 Å². The number of unbranched alkanes of at least 4 members (excludes halogenated alkanes) is 2. The third-order valence-electron chi connectivity index (χ3n) is 2.83. The molecule has 2 nitrogen and oxygen atoms in total. The Morgan fingerprint density at radius 2 is 2.11 bits per heavy atom. The van der Waals surface area contributed by atoms with E-state index < -0.39 is 0 Å². The number of hydrogen-bond acceptors (Lipinski definition) is 3. The molecule has 0 bridgehead atoms. The van der Waals surface area contributed by atoms with Gasteiger partial charge in [-0.15, -0.1) is 0 Å². The minimum atomic E-state index is -0.0603. The van der Waals surface area contributed by atoms with Gasteiger partial charge in [0.15, 0.2) is 0 Å². The van der Waals surface area contributed by atoms with Gasteiger partial charge in [0.05, 0.1) is 6.61 Å². The molecule has 0 fully saturated rings. The van der Waals surface area contributed by atoms with Gasteiger partial charge in [-0.25, -0.2) is 0 Å². The average Bonchev–Trinajstić information content (AvgIpc) is 2.38. The molecule has 0 aromatic heterocycles. The standard InChI is InChI=1S/C16H24O2S/c1-3-18-16(17)10-5-4-6-11-19-13-15-9-7-8-14(2)12-15/h7-9,12H,3-6,10-11,13H2,1-2H3. The Balaban J connectivity index is 1.98. The van der Waals surface area contributed by atoms with Crippen LogP contribution in [0.2, 0.25) is 0 Å². The van der Waals surface area contributed by atoms with Crippen molar-refractivity contribution in [1.29, 1.82) is 0 Å². The van der Waals surface area contributed by atoms with Gasteiger partial charge in [0, 0.05) is 12.2 Å². The lowest BCUT2D eigenvalue weighted by Gasteiger charge is -2.04. The number of benzene rings is 1. The summed E-state index contributed by atoms with van der Waals surface area (Å²) < 4.78 is 4.89. The first kappa shape index (κ1) is 16.1. The topological polar surface area (TPSA) is 26.3 Å². The SMILES string of the molecule is CCOC(=O)CCCCCSCc1cccc(C)c1. The van der Waals surface area contributed by atoms with Gasteiger partial charge in [-0.1, -0.05) is 36.2 Å². The van der Waals surface area contributed by atoms with Gasteiger partial charge in [-0.3, -0.25) is 4.79 Å². The van der Waals surface area contributed by atoms with Gasteiger partial charge in [0.2, 0.25) is 0 Å². The third kappa shape index (κ3) is 7.93. The van der Waals surface area contributed by atoms with Crippen LogP contribution < -0.4 is 0 Å². The van der Waals surface area contributed by atoms with E-state index in [0.29, 0.717) is 13.0 Å². The summed E-state index contributed by atoms with van der Waals surface area (Å²) in [6, 6.07) is 8.67. The highest BCUT2D eigenvalue weighted by molar-refractivity contribution is 7.98. The molecule has 0 saturated carbocycles. The van der Waals surface area contributed by atoms with Crippen LogP contribution in [0.5, 0.6) is 0 Å². The molecule has 0 N–H and O–H groups in total. The van der Waals surface area contributed by atoms with Crippen LogP contribution >= 0.6 is 11.8 Å². The molecule has 0 spiro atoms. The molecule has 0 saturated heterocycles. The highest BCUT2D eigenvalue weighted by Crippen LogP contribution is 2.15. The zero-order valence-corrected chi connectivity index (χ0v) is 12.8. The molecule has 1 aromatic carbocycles. The summed E-state index contributed by atoms with van der Waals surface area (Å²) >= 11 is 1.97. The van der Waals surface area contributed by atoms with E-state index in [-0.39, 0.29) is 5.97 Å². The second-order valence-corrected chi connectivity index (χ2v) is 5.76. The first-order valence-corrected chi connectivity index (χ1v) is 8.16. The van der Waals surface area contributed by atoms with Gasteiger partial charge >= 0.3 is 5.97 Å². The molecule has 0 unspecified atom stereocenters. The Morgan fingerprint density at radius 1 is 1.26 bits per heavy atom. The molecule has 0 aliphatic heterocycles. The van der Waals surface area contributed by atoms with Crippen molar-refractivity contribution in [3.63, 3.8) is 0 Å². The maximum Gasteiger partial charge on any atom is 0.305 e. The van der Waals surface area contributed by atoms with Gasteiger partial charge in [0.1, 0.15) is 0 Å². The lowest BCUT2D eigenvalue weighted by atomic mass is 10.2. The van der Waals surface area contributed by atoms with E-state index >= 15 is 0 Å². The lowest BCUT2D eigenvalue weighted by Crippen LogP contribution is -2.03. The van der Waals surface area contributed by atoms with Crippen LogP contribution in [-0.4, -0.2) is 18.3 Å². The molecular formula is C16H24O2S. The number of hydrogen-bond donors (Lipinski definition) is 0. The minimum absolute atomic E-state index is 0.0603. The van der Waals surface area contributed by atoms with E-state index in [1.807, 2.05) is 18.7 Å². The number of aryl methyl sites for hydroxylation is 1. The zero-order valence-electron chi connectivity index (χ0n) is 12.0. The number of thioether (sulfide) groups is 1. The fourth-order valence-electron chi connectivity index (χ4n) is 1.88. The Hall–Kier alpha value is -0.960. The molecule has 1 aromatic rings.